The Balaban J connectivity index is 1.63. The first-order valence-electron chi connectivity index (χ1n) is 17.6. The van der Waals surface area contributed by atoms with Gasteiger partial charge in [-0.1, -0.05) is 151 Å². The molecule has 1 amide bonds. The highest BCUT2D eigenvalue weighted by Crippen LogP contribution is 2.43. The molecule has 0 aliphatic rings. The number of sulfone groups is 1. The molecule has 1 aromatic heterocycles. The Bertz CT molecular complexity index is 1830. The van der Waals surface area contributed by atoms with Gasteiger partial charge in [0.15, 0.2) is 9.84 Å². The van der Waals surface area contributed by atoms with E-state index in [1.807, 2.05) is 54.6 Å². The van der Waals surface area contributed by atoms with E-state index >= 15 is 0 Å². The van der Waals surface area contributed by atoms with Crippen molar-refractivity contribution in [3.63, 3.8) is 0 Å². The Labute approximate surface area is 296 Å². The minimum Gasteiger partial charge on any atom is -0.353 e. The van der Waals surface area contributed by atoms with Gasteiger partial charge in [-0.3, -0.25) is 4.79 Å². The molecule has 49 heavy (non-hydrogen) atoms. The molecule has 0 radical (unpaired) electrons. The van der Waals surface area contributed by atoms with Crippen molar-refractivity contribution >= 4 is 47.3 Å². The molecule has 4 aromatic rings. The Morgan fingerprint density at radius 1 is 0.755 bits per heavy atom. The first-order chi connectivity index (χ1) is 23.6. The van der Waals surface area contributed by atoms with Crippen LogP contribution in [0.25, 0.3) is 21.3 Å². The largest absolute Gasteiger partial charge is 0.353 e. The molecule has 0 bridgehead atoms. The SMILES string of the molecule is CCCCCCCCCCCCCCC(C(=O)NCCS(N)(=O)=O)(c1nc2ccc(-c3ccccc3)cc2s1)S(=O)(=O)Cc1ccccc1. The van der Waals surface area contributed by atoms with Crippen molar-refractivity contribution in [2.75, 3.05) is 12.3 Å². The number of nitrogens with one attached hydrogen (secondary N) is 1. The summed E-state index contributed by atoms with van der Waals surface area (Å²) in [5.74, 6) is -1.63. The van der Waals surface area contributed by atoms with Gasteiger partial charge in [0, 0.05) is 6.54 Å². The first kappa shape index (κ1) is 38.7. The molecule has 1 unspecified atom stereocenters. The van der Waals surface area contributed by atoms with E-state index in [1.165, 1.54) is 56.3 Å². The number of nitrogens with zero attached hydrogens (tertiary/aromatic N) is 1. The van der Waals surface area contributed by atoms with Crippen molar-refractivity contribution in [3.8, 4) is 11.1 Å². The number of carbonyl (C=O) groups is 1. The summed E-state index contributed by atoms with van der Waals surface area (Å²) in [7, 11) is -8.11. The molecule has 3 N–H and O–H groups in total. The number of primary sulfonamides is 1. The predicted molar refractivity (Wildman–Crippen MR) is 202 cm³/mol. The Kier molecular flexibility index (Phi) is 14.8. The van der Waals surface area contributed by atoms with Crippen molar-refractivity contribution in [1.29, 1.82) is 0 Å². The van der Waals surface area contributed by atoms with Crippen LogP contribution in [0.15, 0.2) is 78.9 Å². The van der Waals surface area contributed by atoms with Gasteiger partial charge in [-0.25, -0.2) is 27.0 Å². The van der Waals surface area contributed by atoms with Gasteiger partial charge in [-0.05, 0) is 35.2 Å². The van der Waals surface area contributed by atoms with Gasteiger partial charge >= 0.3 is 0 Å². The van der Waals surface area contributed by atoms with Gasteiger partial charge in [-0.2, -0.15) is 0 Å². The van der Waals surface area contributed by atoms with Crippen LogP contribution >= 0.6 is 11.3 Å². The maximum Gasteiger partial charge on any atom is 0.248 e. The fourth-order valence-electron chi connectivity index (χ4n) is 6.24. The molecule has 1 heterocycles. The second kappa shape index (κ2) is 18.8. The third kappa shape index (κ3) is 11.2. The third-order valence-corrected chi connectivity index (χ3v) is 13.4. The number of amides is 1. The summed E-state index contributed by atoms with van der Waals surface area (Å²) in [5.41, 5.74) is 3.14. The van der Waals surface area contributed by atoms with Crippen LogP contribution in [-0.2, 0) is 35.2 Å². The van der Waals surface area contributed by atoms with Gasteiger partial charge in [0.05, 0.1) is 21.7 Å². The van der Waals surface area contributed by atoms with Crippen LogP contribution in [0.5, 0.6) is 0 Å². The zero-order valence-electron chi connectivity index (χ0n) is 28.6. The topological polar surface area (TPSA) is 136 Å². The number of hydrogen-bond donors (Lipinski definition) is 2. The first-order valence-corrected chi connectivity index (χ1v) is 21.8. The molecule has 0 fully saturated rings. The van der Waals surface area contributed by atoms with Crippen molar-refractivity contribution in [2.45, 2.75) is 101 Å². The molecule has 0 aliphatic heterocycles. The number of thiazole rings is 1. The highest BCUT2D eigenvalue weighted by molar-refractivity contribution is 7.92. The van der Waals surface area contributed by atoms with Gasteiger partial charge in [0.1, 0.15) is 5.01 Å². The Morgan fingerprint density at radius 3 is 1.92 bits per heavy atom. The fourth-order valence-corrected chi connectivity index (χ4v) is 10.2. The lowest BCUT2D eigenvalue weighted by molar-refractivity contribution is -0.124. The monoisotopic (exact) mass is 725 g/mol. The van der Waals surface area contributed by atoms with Gasteiger partial charge in [0.2, 0.25) is 20.7 Å². The molecule has 0 saturated carbocycles. The Morgan fingerprint density at radius 2 is 1.33 bits per heavy atom. The quantitative estimate of drug-likeness (QED) is 0.0783. The average Bonchev–Trinajstić information content (AvgIpc) is 3.50. The highest BCUT2D eigenvalue weighted by atomic mass is 32.2. The number of carbonyl (C=O) groups excluding carboxylic acids is 1. The smallest absolute Gasteiger partial charge is 0.248 e. The molecule has 4 rings (SSSR count). The molecule has 0 aliphatic carbocycles. The number of sulfonamides is 1. The lowest BCUT2D eigenvalue weighted by atomic mass is 9.98. The summed E-state index contributed by atoms with van der Waals surface area (Å²) in [6.07, 6.45) is 13.3. The molecule has 0 saturated heterocycles. The molecule has 0 spiro atoms. The van der Waals surface area contributed by atoms with Crippen LogP contribution < -0.4 is 10.5 Å². The standard InChI is InChI=1S/C38H51N3O5S3/c1-2-3-4-5-6-7-8-9-10-11-12-19-26-38(36(42)40-27-28-49(39,45)46,48(43,44)30-31-20-15-13-16-21-31)37-41-34-25-24-33(29-35(34)47-37)32-22-17-14-18-23-32/h13-18,20-25,29H,2-12,19,26-28,30H2,1H3,(H,40,42)(H2,39,45,46). The fraction of sp³-hybridized carbons (Fsp3) is 0.474. The number of fused-ring (bicyclic) bond motifs is 1. The second-order valence-electron chi connectivity index (χ2n) is 12.9. The molecule has 11 heteroatoms. The van der Waals surface area contributed by atoms with Crippen molar-refractivity contribution < 1.29 is 21.6 Å². The van der Waals surface area contributed by atoms with Crippen LogP contribution in [0.4, 0.5) is 0 Å². The third-order valence-electron chi connectivity index (χ3n) is 8.99. The van der Waals surface area contributed by atoms with E-state index < -0.39 is 36.3 Å². The number of nitrogens with two attached hydrogens (primary N) is 1. The van der Waals surface area contributed by atoms with Crippen LogP contribution in [-0.4, -0.2) is 40.0 Å². The normalized spacial score (nSPS) is 13.3. The number of hydrogen-bond acceptors (Lipinski definition) is 7. The summed E-state index contributed by atoms with van der Waals surface area (Å²) < 4.78 is 51.6. The van der Waals surface area contributed by atoms with Crippen LogP contribution in [0, 0.1) is 0 Å². The van der Waals surface area contributed by atoms with Crippen molar-refractivity contribution in [1.82, 2.24) is 10.3 Å². The molecule has 266 valence electrons. The van der Waals surface area contributed by atoms with Crippen molar-refractivity contribution in [3.05, 3.63) is 89.4 Å². The summed E-state index contributed by atoms with van der Waals surface area (Å²) in [5, 5.41) is 8.05. The maximum absolute atomic E-state index is 14.7. The van der Waals surface area contributed by atoms with E-state index in [0.29, 0.717) is 17.5 Å². The van der Waals surface area contributed by atoms with E-state index in [9.17, 15) is 21.6 Å². The minimum atomic E-state index is -4.22. The molecule has 8 nitrogen and oxygen atoms in total. The van der Waals surface area contributed by atoms with Crippen LogP contribution in [0.2, 0.25) is 0 Å². The maximum atomic E-state index is 14.7. The molecular weight excluding hydrogens is 675 g/mol. The summed E-state index contributed by atoms with van der Waals surface area (Å²) in [6, 6.07) is 24.5. The van der Waals surface area contributed by atoms with Gasteiger partial charge in [0.25, 0.3) is 0 Å². The van der Waals surface area contributed by atoms with E-state index in [-0.39, 0.29) is 23.7 Å². The van der Waals surface area contributed by atoms with Crippen LogP contribution in [0.1, 0.15) is 101 Å². The Hall–Kier alpha value is -3.12. The van der Waals surface area contributed by atoms with Gasteiger partial charge in [-0.15, -0.1) is 11.3 Å². The number of aromatic nitrogens is 1. The summed E-state index contributed by atoms with van der Waals surface area (Å²) in [4.78, 5) is 19.1. The van der Waals surface area contributed by atoms with E-state index in [4.69, 9.17) is 10.1 Å². The lowest BCUT2D eigenvalue weighted by Crippen LogP contribution is -2.51. The van der Waals surface area contributed by atoms with E-state index in [0.717, 1.165) is 41.5 Å². The molecule has 1 atom stereocenters. The highest BCUT2D eigenvalue weighted by Gasteiger charge is 2.53. The minimum absolute atomic E-state index is 0.0339. The molecule has 3 aromatic carbocycles. The number of benzene rings is 3. The van der Waals surface area contributed by atoms with E-state index in [1.54, 1.807) is 24.3 Å². The summed E-state index contributed by atoms with van der Waals surface area (Å²) in [6.45, 7) is 1.92. The number of unbranched alkanes of at least 4 members (excludes halogenated alkanes) is 11. The van der Waals surface area contributed by atoms with Crippen LogP contribution in [0.3, 0.4) is 0 Å². The predicted octanol–water partition coefficient (Wildman–Crippen LogP) is 8.27. The zero-order chi connectivity index (χ0) is 35.2. The molecular formula is C38H51N3O5S3. The van der Waals surface area contributed by atoms with Gasteiger partial charge < -0.3 is 5.32 Å². The average molecular weight is 726 g/mol. The zero-order valence-corrected chi connectivity index (χ0v) is 31.1. The van der Waals surface area contributed by atoms with Crippen molar-refractivity contribution in [2.24, 2.45) is 5.14 Å². The number of rotatable bonds is 22. The second-order valence-corrected chi connectivity index (χ2v) is 17.9. The summed E-state index contributed by atoms with van der Waals surface area (Å²) >= 11 is 1.21. The van der Waals surface area contributed by atoms with E-state index in [2.05, 4.69) is 12.2 Å². The lowest BCUT2D eigenvalue weighted by Gasteiger charge is -2.30.